The minimum Gasteiger partial charge on any atom is -0.369 e. The quantitative estimate of drug-likeness (QED) is 0.132. The smallest absolute Gasteiger partial charge is 0.203 e. The van der Waals surface area contributed by atoms with E-state index < -0.39 is 18.1 Å². The summed E-state index contributed by atoms with van der Waals surface area (Å²) in [6.07, 6.45) is 5.74. The Morgan fingerprint density at radius 1 is 1.11 bits per heavy atom. The number of guanidine groups is 2. The van der Waals surface area contributed by atoms with E-state index in [9.17, 15) is 0 Å². The molecule has 0 heterocycles. The Hall–Kier alpha value is -2.48. The molecule has 0 aliphatic rings. The van der Waals surface area contributed by atoms with Crippen molar-refractivity contribution in [1.82, 2.24) is 9.80 Å². The van der Waals surface area contributed by atoms with Crippen LogP contribution in [0.4, 0.5) is 0 Å². The minimum atomic E-state index is -0.804. The van der Waals surface area contributed by atoms with Gasteiger partial charge in [-0.25, -0.2) is 9.80 Å². The maximum Gasteiger partial charge on any atom is 0.203 e. The molecule has 0 aromatic heterocycles. The van der Waals surface area contributed by atoms with Crippen LogP contribution >= 0.6 is 0 Å². The molecule has 6 N–H and O–H groups in total. The van der Waals surface area contributed by atoms with Gasteiger partial charge in [0.05, 0.1) is 0 Å². The molecule has 0 aromatic rings. The zero-order valence-electron chi connectivity index (χ0n) is 10.3. The molecule has 8 heteroatoms. The fourth-order valence-corrected chi connectivity index (χ4v) is 1.51. The second kappa shape index (κ2) is 7.74. The highest BCUT2D eigenvalue weighted by molar-refractivity contribution is 5.79. The van der Waals surface area contributed by atoms with Crippen LogP contribution in [0, 0.1) is 33.7 Å². The zero-order valence-corrected chi connectivity index (χ0v) is 10.3. The third-order valence-electron chi connectivity index (χ3n) is 2.40. The van der Waals surface area contributed by atoms with Crippen molar-refractivity contribution in [1.29, 1.82) is 21.3 Å². The zero-order chi connectivity index (χ0) is 14.1. The summed E-state index contributed by atoms with van der Waals surface area (Å²) in [7, 11) is 0. The average molecular weight is 250 g/mol. The highest BCUT2D eigenvalue weighted by Crippen LogP contribution is 2.13. The van der Waals surface area contributed by atoms with Crippen LogP contribution in [0.25, 0.3) is 0 Å². The van der Waals surface area contributed by atoms with E-state index in [4.69, 9.17) is 32.8 Å². The molecule has 0 radical (unpaired) electrons. The van der Waals surface area contributed by atoms with Crippen molar-refractivity contribution in [2.24, 2.45) is 11.5 Å². The summed E-state index contributed by atoms with van der Waals surface area (Å²) in [5, 5.41) is 32.5. The lowest BCUT2D eigenvalue weighted by molar-refractivity contribution is 0.239. The summed E-state index contributed by atoms with van der Waals surface area (Å²) in [5.74, 6) is -0.944. The number of hydrogen-bond acceptors (Lipinski definition) is 4. The lowest BCUT2D eigenvalue weighted by Crippen LogP contribution is -2.52. The van der Waals surface area contributed by atoms with Crippen molar-refractivity contribution in [3.8, 4) is 12.4 Å². The fourth-order valence-electron chi connectivity index (χ4n) is 1.51. The molecule has 0 fully saturated rings. The molecule has 0 amide bonds. The van der Waals surface area contributed by atoms with Crippen LogP contribution < -0.4 is 11.5 Å². The Balaban J connectivity index is 5.03. The van der Waals surface area contributed by atoms with E-state index in [2.05, 4.69) is 0 Å². The Morgan fingerprint density at radius 2 is 1.56 bits per heavy atom. The van der Waals surface area contributed by atoms with E-state index in [0.717, 1.165) is 29.1 Å². The first kappa shape index (κ1) is 15.5. The summed E-state index contributed by atoms with van der Waals surface area (Å²) >= 11 is 0. The predicted molar refractivity (Wildman–Crippen MR) is 66.7 cm³/mol. The molecule has 0 saturated carbocycles. The predicted octanol–water partition coefficient (Wildman–Crippen LogP) is 0.246. The van der Waals surface area contributed by atoms with E-state index >= 15 is 0 Å². The van der Waals surface area contributed by atoms with Gasteiger partial charge in [-0.1, -0.05) is 19.8 Å². The average Bonchev–Trinajstić information content (AvgIpc) is 2.29. The van der Waals surface area contributed by atoms with E-state index in [1.165, 1.54) is 0 Å². The van der Waals surface area contributed by atoms with E-state index in [1.807, 2.05) is 6.92 Å². The van der Waals surface area contributed by atoms with Gasteiger partial charge >= 0.3 is 0 Å². The molecule has 0 saturated heterocycles. The number of rotatable bonds is 6. The molecule has 0 aromatic carbocycles. The van der Waals surface area contributed by atoms with Gasteiger partial charge in [0.1, 0.15) is 6.17 Å². The van der Waals surface area contributed by atoms with Crippen LogP contribution in [-0.4, -0.2) is 27.9 Å². The van der Waals surface area contributed by atoms with Crippen molar-refractivity contribution in [2.45, 2.75) is 38.8 Å². The SMILES string of the molecule is CCCCCC(N(C#N)C(=N)N)N(C#N)C(=N)N. The molecule has 0 rings (SSSR count). The lowest BCUT2D eigenvalue weighted by Gasteiger charge is -2.30. The fraction of sp³-hybridized carbons (Fsp3) is 0.600. The van der Waals surface area contributed by atoms with Gasteiger partial charge in [0, 0.05) is 0 Å². The van der Waals surface area contributed by atoms with Gasteiger partial charge in [0.15, 0.2) is 12.4 Å². The first-order valence-electron chi connectivity index (χ1n) is 5.55. The molecule has 18 heavy (non-hydrogen) atoms. The standard InChI is InChI=1S/C10H18N8/c1-2-3-4-5-8(17(6-11)9(13)14)18(7-12)10(15)16/h8H,2-5H2,1H3,(H3,13,14)(H3,15,16). The molecule has 0 spiro atoms. The van der Waals surface area contributed by atoms with Crippen LogP contribution in [-0.2, 0) is 0 Å². The molecule has 0 unspecified atom stereocenters. The van der Waals surface area contributed by atoms with Crippen molar-refractivity contribution >= 4 is 11.9 Å². The number of nitriles is 2. The maximum atomic E-state index is 8.96. The van der Waals surface area contributed by atoms with Crippen LogP contribution in [0.5, 0.6) is 0 Å². The van der Waals surface area contributed by atoms with Crippen molar-refractivity contribution in [3.05, 3.63) is 0 Å². The van der Waals surface area contributed by atoms with Crippen molar-refractivity contribution < 1.29 is 0 Å². The monoisotopic (exact) mass is 250 g/mol. The van der Waals surface area contributed by atoms with Crippen LogP contribution in [0.3, 0.4) is 0 Å². The summed E-state index contributed by atoms with van der Waals surface area (Å²) in [6, 6.07) is 0. The summed E-state index contributed by atoms with van der Waals surface area (Å²) < 4.78 is 0. The van der Waals surface area contributed by atoms with Gasteiger partial charge < -0.3 is 11.5 Å². The van der Waals surface area contributed by atoms with Crippen LogP contribution in [0.15, 0.2) is 0 Å². The Morgan fingerprint density at radius 3 is 1.83 bits per heavy atom. The summed E-state index contributed by atoms with van der Waals surface area (Å²) in [5.41, 5.74) is 10.6. The number of nitrogens with two attached hydrogens (primary N) is 2. The van der Waals surface area contributed by atoms with Gasteiger partial charge in [0.2, 0.25) is 11.9 Å². The highest BCUT2D eigenvalue weighted by Gasteiger charge is 2.27. The number of nitrogens with zero attached hydrogens (tertiary/aromatic N) is 4. The van der Waals surface area contributed by atoms with Crippen molar-refractivity contribution in [3.63, 3.8) is 0 Å². The van der Waals surface area contributed by atoms with Gasteiger partial charge in [-0.2, -0.15) is 10.5 Å². The normalized spacial score (nSPS) is 10.8. The number of unbranched alkanes of at least 4 members (excludes halogenated alkanes) is 2. The lowest BCUT2D eigenvalue weighted by atomic mass is 10.1. The third kappa shape index (κ3) is 4.18. The second-order valence-electron chi connectivity index (χ2n) is 3.69. The van der Waals surface area contributed by atoms with E-state index in [1.54, 1.807) is 12.4 Å². The number of hydrogen-bond donors (Lipinski definition) is 4. The molecule has 8 nitrogen and oxygen atoms in total. The minimum absolute atomic E-state index is 0.425. The van der Waals surface area contributed by atoms with Gasteiger partial charge in [-0.15, -0.1) is 0 Å². The van der Waals surface area contributed by atoms with E-state index in [0.29, 0.717) is 6.42 Å². The van der Waals surface area contributed by atoms with Crippen LogP contribution in [0.2, 0.25) is 0 Å². The first-order chi connectivity index (χ1) is 8.49. The Kier molecular flexibility index (Phi) is 6.67. The van der Waals surface area contributed by atoms with Gasteiger partial charge in [-0.05, 0) is 12.8 Å². The molecule has 98 valence electrons. The molecule has 0 bridgehead atoms. The van der Waals surface area contributed by atoms with Crippen molar-refractivity contribution in [2.75, 3.05) is 0 Å². The molecular weight excluding hydrogens is 232 g/mol. The first-order valence-corrected chi connectivity index (χ1v) is 5.55. The topological polar surface area (TPSA) is 154 Å². The van der Waals surface area contributed by atoms with Gasteiger partial charge in [-0.3, -0.25) is 10.8 Å². The third-order valence-corrected chi connectivity index (χ3v) is 2.40. The maximum absolute atomic E-state index is 8.96. The number of nitrogens with one attached hydrogen (secondary N) is 2. The Bertz CT molecular complexity index is 344. The molecular formula is C10H18N8. The second-order valence-corrected chi connectivity index (χ2v) is 3.69. The Labute approximate surface area is 106 Å². The highest BCUT2D eigenvalue weighted by atomic mass is 15.4. The van der Waals surface area contributed by atoms with Crippen LogP contribution in [0.1, 0.15) is 32.6 Å². The molecule has 0 aliphatic heterocycles. The molecule has 0 atom stereocenters. The molecule has 0 aliphatic carbocycles. The van der Waals surface area contributed by atoms with E-state index in [-0.39, 0.29) is 0 Å². The largest absolute Gasteiger partial charge is 0.369 e. The van der Waals surface area contributed by atoms with Gasteiger partial charge in [0.25, 0.3) is 0 Å². The summed E-state index contributed by atoms with van der Waals surface area (Å²) in [6.45, 7) is 2.02. The summed E-state index contributed by atoms with van der Waals surface area (Å²) in [4.78, 5) is 1.75.